The van der Waals surface area contributed by atoms with E-state index in [4.69, 9.17) is 5.73 Å². The van der Waals surface area contributed by atoms with Gasteiger partial charge in [-0.25, -0.2) is 0 Å². The van der Waals surface area contributed by atoms with Crippen molar-refractivity contribution in [1.82, 2.24) is 9.88 Å². The summed E-state index contributed by atoms with van der Waals surface area (Å²) in [5.74, 6) is 0. The van der Waals surface area contributed by atoms with Gasteiger partial charge in [0.2, 0.25) is 0 Å². The Morgan fingerprint density at radius 3 is 1.98 bits per heavy atom. The normalized spacial score (nSPS) is 12.5. The van der Waals surface area contributed by atoms with Gasteiger partial charge >= 0.3 is 0 Å². The van der Waals surface area contributed by atoms with Crippen molar-refractivity contribution in [2.45, 2.75) is 26.1 Å². The quantitative estimate of drug-likeness (QED) is 0.129. The van der Waals surface area contributed by atoms with Crippen LogP contribution in [0.5, 0.6) is 0 Å². The maximum Gasteiger partial charge on any atom is 0.0817 e. The first-order chi connectivity index (χ1) is 25.6. The van der Waals surface area contributed by atoms with Gasteiger partial charge in [-0.05, 0) is 77.6 Å². The molecule has 9 rings (SSSR count). The molecule has 0 bridgehead atoms. The fraction of sp³-hybridized carbons (Fsp3) is 0.0833. The molecule has 0 amide bonds. The Balaban J connectivity index is 0.00000125. The maximum atomic E-state index is 7.00. The van der Waals surface area contributed by atoms with E-state index >= 15 is 0 Å². The average Bonchev–Trinajstić information content (AvgIpc) is 3.74. The number of para-hydroxylation sites is 1. The fourth-order valence-electron chi connectivity index (χ4n) is 7.41. The van der Waals surface area contributed by atoms with Gasteiger partial charge < -0.3 is 10.3 Å². The van der Waals surface area contributed by atoms with Gasteiger partial charge in [0.05, 0.1) is 23.2 Å². The number of thiophene rings is 1. The molecule has 0 saturated carbocycles. The Morgan fingerprint density at radius 1 is 0.615 bits per heavy atom. The Kier molecular flexibility index (Phi) is 9.27. The average molecular weight is 692 g/mol. The topological polar surface area (TPSA) is 43.0 Å². The van der Waals surface area contributed by atoms with Crippen molar-refractivity contribution in [2.24, 2.45) is 5.73 Å². The molecule has 9 aromatic rings. The summed E-state index contributed by atoms with van der Waals surface area (Å²) >= 11 is 1.86. The summed E-state index contributed by atoms with van der Waals surface area (Å²) in [4.78, 5) is 0. The number of nitrogens with two attached hydrogens (primary N) is 1. The van der Waals surface area contributed by atoms with Crippen LogP contribution in [-0.4, -0.2) is 4.57 Å². The fourth-order valence-corrected chi connectivity index (χ4v) is 8.52. The number of allylic oxidation sites excluding steroid dienone is 1. The number of benzene rings is 7. The van der Waals surface area contributed by atoms with Crippen molar-refractivity contribution in [3.63, 3.8) is 0 Å². The van der Waals surface area contributed by atoms with Crippen LogP contribution in [-0.2, 0) is 0 Å². The van der Waals surface area contributed by atoms with Crippen LogP contribution in [0.2, 0.25) is 0 Å². The van der Waals surface area contributed by atoms with Gasteiger partial charge in [-0.1, -0.05) is 140 Å². The van der Waals surface area contributed by atoms with E-state index in [0.717, 1.165) is 11.3 Å². The monoisotopic (exact) mass is 691 g/mol. The largest absolute Gasteiger partial charge is 0.312 e. The third kappa shape index (κ3) is 6.12. The van der Waals surface area contributed by atoms with Crippen LogP contribution in [0.4, 0.5) is 0 Å². The summed E-state index contributed by atoms with van der Waals surface area (Å²) in [5.41, 5.74) is 17.7. The molecule has 0 radical (unpaired) electrons. The first-order valence-electron chi connectivity index (χ1n) is 17.8. The summed E-state index contributed by atoms with van der Waals surface area (Å²) in [7, 11) is 0. The van der Waals surface area contributed by atoms with Crippen LogP contribution in [0.25, 0.3) is 58.8 Å². The lowest BCUT2D eigenvalue weighted by atomic mass is 9.93. The van der Waals surface area contributed by atoms with Gasteiger partial charge in [-0.2, -0.15) is 0 Å². The van der Waals surface area contributed by atoms with Gasteiger partial charge in [0.1, 0.15) is 0 Å². The summed E-state index contributed by atoms with van der Waals surface area (Å²) in [6, 6.07) is 58.7. The molecule has 2 unspecified atom stereocenters. The molecule has 0 spiro atoms. The minimum atomic E-state index is -0.377. The van der Waals surface area contributed by atoms with Crippen molar-refractivity contribution >= 4 is 53.3 Å². The molecule has 2 atom stereocenters. The number of hydrogen-bond acceptors (Lipinski definition) is 3. The van der Waals surface area contributed by atoms with E-state index in [9.17, 15) is 0 Å². The van der Waals surface area contributed by atoms with E-state index in [1.54, 1.807) is 6.08 Å². The number of nitrogens with zero attached hydrogens (tertiary/aromatic N) is 1. The zero-order valence-electron chi connectivity index (χ0n) is 29.5. The molecule has 2 heterocycles. The molecule has 3 N–H and O–H groups in total. The maximum absolute atomic E-state index is 7.00. The lowest BCUT2D eigenvalue weighted by molar-refractivity contribution is 0.497. The molecule has 0 aliphatic heterocycles. The van der Waals surface area contributed by atoms with Crippen LogP contribution in [0.1, 0.15) is 41.4 Å². The van der Waals surface area contributed by atoms with Gasteiger partial charge in [-0.15, -0.1) is 17.9 Å². The zero-order chi connectivity index (χ0) is 35.6. The third-order valence-electron chi connectivity index (χ3n) is 9.88. The van der Waals surface area contributed by atoms with Crippen molar-refractivity contribution in [3.8, 4) is 16.8 Å². The van der Waals surface area contributed by atoms with Crippen LogP contribution < -0.4 is 11.1 Å². The summed E-state index contributed by atoms with van der Waals surface area (Å²) in [5, 5.41) is 8.95. The Morgan fingerprint density at radius 2 is 1.23 bits per heavy atom. The summed E-state index contributed by atoms with van der Waals surface area (Å²) < 4.78 is 5.05. The van der Waals surface area contributed by atoms with E-state index in [1.807, 2.05) is 18.3 Å². The number of nitrogens with one attached hydrogen (secondary N) is 1. The van der Waals surface area contributed by atoms with Crippen LogP contribution in [0, 0.1) is 6.92 Å². The van der Waals surface area contributed by atoms with E-state index < -0.39 is 0 Å². The van der Waals surface area contributed by atoms with Crippen LogP contribution >= 0.6 is 11.3 Å². The summed E-state index contributed by atoms with van der Waals surface area (Å²) in [6.07, 6.45) is 1.37. The Hall–Kier alpha value is -5.78. The lowest BCUT2D eigenvalue weighted by Crippen LogP contribution is -2.33. The minimum Gasteiger partial charge on any atom is -0.312 e. The van der Waals surface area contributed by atoms with Crippen LogP contribution in [0.3, 0.4) is 0 Å². The molecular formula is C48H41N3S. The van der Waals surface area contributed by atoms with Crippen molar-refractivity contribution in [3.05, 3.63) is 199 Å². The highest BCUT2D eigenvalue weighted by atomic mass is 32.1. The second kappa shape index (κ2) is 14.5. The van der Waals surface area contributed by atoms with E-state index in [-0.39, 0.29) is 12.2 Å². The molecule has 0 aliphatic carbocycles. The Labute approximate surface area is 309 Å². The number of aromatic nitrogens is 1. The third-order valence-corrected chi connectivity index (χ3v) is 11.0. The molecule has 7 aromatic carbocycles. The molecule has 4 heteroatoms. The highest BCUT2D eigenvalue weighted by Gasteiger charge is 2.21. The van der Waals surface area contributed by atoms with Gasteiger partial charge in [-0.3, -0.25) is 5.32 Å². The lowest BCUT2D eigenvalue weighted by Gasteiger charge is -2.26. The van der Waals surface area contributed by atoms with Gasteiger partial charge in [0.25, 0.3) is 0 Å². The summed E-state index contributed by atoms with van der Waals surface area (Å²) in [6.45, 7) is 7.42. The first kappa shape index (κ1) is 33.4. The predicted octanol–water partition coefficient (Wildman–Crippen LogP) is 12.7. The van der Waals surface area contributed by atoms with Gasteiger partial charge in [0.15, 0.2) is 0 Å². The van der Waals surface area contributed by atoms with E-state index in [2.05, 4.69) is 187 Å². The SMILES string of the molecule is C=CC.Cc1ccccc1C(NC(N)c1ccc(-n2c3ccccc3c3ccc4sc5ccccc5c4c32)cc1)c1ccc(-c2ccccc2)cc1. The highest BCUT2D eigenvalue weighted by molar-refractivity contribution is 7.26. The second-order valence-electron chi connectivity index (χ2n) is 13.2. The molecule has 0 saturated heterocycles. The molecular weight excluding hydrogens is 651 g/mol. The van der Waals surface area contributed by atoms with Crippen molar-refractivity contribution < 1.29 is 0 Å². The standard InChI is InChI=1S/C45H35N3S.C3H6/c1-29-11-5-6-14-35(29)43(32-21-19-31(20-22-32)30-12-3-2-4-13-30)47-45(46)33-23-25-34(26-24-33)48-39-17-9-7-15-36(39)37-27-28-41-42(44(37)48)38-16-8-10-18-40(38)49-41;1-3-2/h2-28,43,45,47H,46H2,1H3;3H,1H2,2H3. The van der Waals surface area contributed by atoms with Gasteiger partial charge in [0, 0.05) is 36.6 Å². The first-order valence-corrected chi connectivity index (χ1v) is 18.6. The predicted molar refractivity (Wildman–Crippen MR) is 225 cm³/mol. The minimum absolute atomic E-state index is 0.0711. The molecule has 2 aromatic heterocycles. The molecule has 52 heavy (non-hydrogen) atoms. The smallest absolute Gasteiger partial charge is 0.0817 e. The van der Waals surface area contributed by atoms with E-state index in [0.29, 0.717) is 0 Å². The Bertz CT molecular complexity index is 2650. The number of hydrogen-bond donors (Lipinski definition) is 2. The number of aryl methyl sites for hydroxylation is 1. The molecule has 254 valence electrons. The molecule has 0 aliphatic rings. The number of fused-ring (bicyclic) bond motifs is 7. The number of rotatable bonds is 7. The molecule has 3 nitrogen and oxygen atoms in total. The highest BCUT2D eigenvalue weighted by Crippen LogP contribution is 2.43. The van der Waals surface area contributed by atoms with Crippen LogP contribution in [0.15, 0.2) is 176 Å². The van der Waals surface area contributed by atoms with E-state index in [1.165, 1.54) is 69.8 Å². The van der Waals surface area contributed by atoms with Crippen molar-refractivity contribution in [1.29, 1.82) is 0 Å². The molecule has 0 fully saturated rings. The second-order valence-corrected chi connectivity index (χ2v) is 14.3. The van der Waals surface area contributed by atoms with Crippen molar-refractivity contribution in [2.75, 3.05) is 0 Å². The zero-order valence-corrected chi connectivity index (χ0v) is 30.3.